The highest BCUT2D eigenvalue weighted by Crippen LogP contribution is 2.22. The standard InChI is InChI=1S/C19H23N3O/c1-14-12-15(2)21-19(20-14)17-8-10-22(11-9-17)13-18(23)16-6-4-3-5-7-16/h3-8,12,18,23H,9-11,13H2,1-2H3. The average molecular weight is 309 g/mol. The van der Waals surface area contributed by atoms with E-state index < -0.39 is 6.10 Å². The summed E-state index contributed by atoms with van der Waals surface area (Å²) in [6.45, 7) is 6.41. The quantitative estimate of drug-likeness (QED) is 0.943. The van der Waals surface area contributed by atoms with E-state index in [1.807, 2.05) is 50.2 Å². The first kappa shape index (κ1) is 15.8. The van der Waals surface area contributed by atoms with Crippen molar-refractivity contribution in [2.45, 2.75) is 26.4 Å². The molecular weight excluding hydrogens is 286 g/mol. The van der Waals surface area contributed by atoms with Crippen molar-refractivity contribution in [3.05, 3.63) is 65.2 Å². The van der Waals surface area contributed by atoms with Crippen LogP contribution in [0.2, 0.25) is 0 Å². The van der Waals surface area contributed by atoms with Crippen molar-refractivity contribution in [3.8, 4) is 0 Å². The van der Waals surface area contributed by atoms with Crippen LogP contribution in [0.1, 0.15) is 35.3 Å². The lowest BCUT2D eigenvalue weighted by Gasteiger charge is -2.28. The Labute approximate surface area is 137 Å². The number of β-amino-alcohol motifs (C(OH)–C–C–N with tert-alkyl or cyclic N) is 1. The van der Waals surface area contributed by atoms with Gasteiger partial charge in [-0.05, 0) is 37.5 Å². The summed E-state index contributed by atoms with van der Waals surface area (Å²) in [6.07, 6.45) is 2.67. The zero-order valence-corrected chi connectivity index (χ0v) is 13.7. The van der Waals surface area contributed by atoms with E-state index in [0.29, 0.717) is 6.54 Å². The third-order valence-electron chi connectivity index (χ3n) is 4.18. The van der Waals surface area contributed by atoms with Crippen LogP contribution < -0.4 is 0 Å². The number of nitrogens with zero attached hydrogens (tertiary/aromatic N) is 3. The molecule has 1 aliphatic rings. The first-order chi connectivity index (χ1) is 11.1. The molecule has 1 aromatic heterocycles. The summed E-state index contributed by atoms with van der Waals surface area (Å²) in [4.78, 5) is 11.4. The minimum atomic E-state index is -0.441. The summed E-state index contributed by atoms with van der Waals surface area (Å²) in [5.74, 6) is 0.853. The van der Waals surface area contributed by atoms with E-state index in [-0.39, 0.29) is 0 Å². The first-order valence-corrected chi connectivity index (χ1v) is 8.09. The second-order valence-corrected chi connectivity index (χ2v) is 6.14. The Bertz CT molecular complexity index is 677. The van der Waals surface area contributed by atoms with Crippen molar-refractivity contribution >= 4 is 5.57 Å². The molecule has 2 heterocycles. The largest absolute Gasteiger partial charge is 0.387 e. The molecule has 1 atom stereocenters. The Morgan fingerprint density at radius 2 is 1.83 bits per heavy atom. The SMILES string of the molecule is Cc1cc(C)nc(C2=CCN(CC(O)c3ccccc3)CC2)n1. The zero-order chi connectivity index (χ0) is 16.2. The fourth-order valence-corrected chi connectivity index (χ4v) is 2.97. The Hall–Kier alpha value is -2.04. The highest BCUT2D eigenvalue weighted by atomic mass is 16.3. The van der Waals surface area contributed by atoms with Gasteiger partial charge in [-0.1, -0.05) is 36.4 Å². The molecule has 1 N–H and O–H groups in total. The molecule has 1 aliphatic heterocycles. The Morgan fingerprint density at radius 3 is 2.43 bits per heavy atom. The lowest BCUT2D eigenvalue weighted by molar-refractivity contribution is 0.119. The van der Waals surface area contributed by atoms with Crippen molar-refractivity contribution in [2.24, 2.45) is 0 Å². The number of hydrogen-bond acceptors (Lipinski definition) is 4. The van der Waals surface area contributed by atoms with E-state index in [1.54, 1.807) is 0 Å². The summed E-state index contributed by atoms with van der Waals surface area (Å²) in [7, 11) is 0. The van der Waals surface area contributed by atoms with E-state index in [1.165, 1.54) is 5.57 Å². The van der Waals surface area contributed by atoms with Crippen LogP contribution in [0.4, 0.5) is 0 Å². The minimum absolute atomic E-state index is 0.441. The molecule has 120 valence electrons. The van der Waals surface area contributed by atoms with Crippen LogP contribution >= 0.6 is 0 Å². The van der Waals surface area contributed by atoms with Crippen LogP contribution in [0.5, 0.6) is 0 Å². The van der Waals surface area contributed by atoms with Crippen LogP contribution in [0, 0.1) is 13.8 Å². The van der Waals surface area contributed by atoms with Gasteiger partial charge in [0, 0.05) is 31.0 Å². The molecule has 0 bridgehead atoms. The van der Waals surface area contributed by atoms with Gasteiger partial charge < -0.3 is 5.11 Å². The van der Waals surface area contributed by atoms with Gasteiger partial charge in [0.1, 0.15) is 0 Å². The molecular formula is C19H23N3O. The summed E-state index contributed by atoms with van der Waals surface area (Å²) in [6, 6.07) is 11.8. The van der Waals surface area contributed by atoms with E-state index in [9.17, 15) is 5.11 Å². The predicted octanol–water partition coefficient (Wildman–Crippen LogP) is 2.92. The van der Waals surface area contributed by atoms with Gasteiger partial charge in [0.25, 0.3) is 0 Å². The summed E-state index contributed by atoms with van der Waals surface area (Å²) >= 11 is 0. The van der Waals surface area contributed by atoms with E-state index in [0.717, 1.165) is 42.3 Å². The lowest BCUT2D eigenvalue weighted by atomic mass is 10.0. The van der Waals surface area contributed by atoms with Crippen molar-refractivity contribution < 1.29 is 5.11 Å². The fraction of sp³-hybridized carbons (Fsp3) is 0.368. The molecule has 0 aliphatic carbocycles. The van der Waals surface area contributed by atoms with Crippen molar-refractivity contribution in [2.75, 3.05) is 19.6 Å². The lowest BCUT2D eigenvalue weighted by Crippen LogP contribution is -2.32. The van der Waals surface area contributed by atoms with Gasteiger partial charge in [0.05, 0.1) is 6.10 Å². The van der Waals surface area contributed by atoms with Gasteiger partial charge in [0.15, 0.2) is 5.82 Å². The third kappa shape index (κ3) is 4.03. The second-order valence-electron chi connectivity index (χ2n) is 6.14. The summed E-state index contributed by atoms with van der Waals surface area (Å²) < 4.78 is 0. The molecule has 0 radical (unpaired) electrons. The Kier molecular flexibility index (Phi) is 4.84. The summed E-state index contributed by atoms with van der Waals surface area (Å²) in [5, 5.41) is 10.3. The van der Waals surface area contributed by atoms with Gasteiger partial charge in [-0.2, -0.15) is 0 Å². The molecule has 0 saturated carbocycles. The number of hydrogen-bond donors (Lipinski definition) is 1. The average Bonchev–Trinajstić information content (AvgIpc) is 2.55. The first-order valence-electron chi connectivity index (χ1n) is 8.09. The maximum absolute atomic E-state index is 10.3. The fourth-order valence-electron chi connectivity index (χ4n) is 2.97. The maximum atomic E-state index is 10.3. The minimum Gasteiger partial charge on any atom is -0.387 e. The van der Waals surface area contributed by atoms with Gasteiger partial charge in [0.2, 0.25) is 0 Å². The number of rotatable bonds is 4. The van der Waals surface area contributed by atoms with Crippen LogP contribution in [0.25, 0.3) is 5.57 Å². The van der Waals surface area contributed by atoms with Gasteiger partial charge >= 0.3 is 0 Å². The molecule has 23 heavy (non-hydrogen) atoms. The van der Waals surface area contributed by atoms with Gasteiger partial charge in [-0.3, -0.25) is 4.90 Å². The Balaban J connectivity index is 1.64. The maximum Gasteiger partial charge on any atom is 0.155 e. The molecule has 3 rings (SSSR count). The normalized spacial score (nSPS) is 16.9. The number of aliphatic hydroxyl groups is 1. The van der Waals surface area contributed by atoms with Gasteiger partial charge in [-0.25, -0.2) is 9.97 Å². The highest BCUT2D eigenvalue weighted by molar-refractivity contribution is 5.61. The zero-order valence-electron chi connectivity index (χ0n) is 13.7. The number of benzene rings is 1. The molecule has 0 amide bonds. The third-order valence-corrected chi connectivity index (χ3v) is 4.18. The molecule has 4 nitrogen and oxygen atoms in total. The molecule has 0 fully saturated rings. The van der Waals surface area contributed by atoms with Gasteiger partial charge in [-0.15, -0.1) is 0 Å². The molecule has 0 saturated heterocycles. The predicted molar refractivity (Wildman–Crippen MR) is 91.9 cm³/mol. The van der Waals surface area contributed by atoms with E-state index >= 15 is 0 Å². The van der Waals surface area contributed by atoms with Crippen LogP contribution in [-0.4, -0.2) is 39.6 Å². The molecule has 4 heteroatoms. The molecule has 1 unspecified atom stereocenters. The highest BCUT2D eigenvalue weighted by Gasteiger charge is 2.18. The summed E-state index contributed by atoms with van der Waals surface area (Å²) in [5.41, 5.74) is 4.20. The van der Waals surface area contributed by atoms with E-state index in [2.05, 4.69) is 20.9 Å². The number of aliphatic hydroxyl groups excluding tert-OH is 1. The van der Waals surface area contributed by atoms with Crippen LogP contribution in [0.15, 0.2) is 42.5 Å². The molecule has 0 spiro atoms. The second kappa shape index (κ2) is 7.02. The van der Waals surface area contributed by atoms with Crippen molar-refractivity contribution in [1.82, 2.24) is 14.9 Å². The van der Waals surface area contributed by atoms with Crippen LogP contribution in [-0.2, 0) is 0 Å². The molecule has 1 aromatic carbocycles. The monoisotopic (exact) mass is 309 g/mol. The van der Waals surface area contributed by atoms with Crippen molar-refractivity contribution in [1.29, 1.82) is 0 Å². The van der Waals surface area contributed by atoms with Crippen LogP contribution in [0.3, 0.4) is 0 Å². The topological polar surface area (TPSA) is 49.2 Å². The molecule has 2 aromatic rings. The number of aryl methyl sites for hydroxylation is 2. The number of aromatic nitrogens is 2. The smallest absolute Gasteiger partial charge is 0.155 e. The van der Waals surface area contributed by atoms with E-state index in [4.69, 9.17) is 0 Å². The van der Waals surface area contributed by atoms with Crippen molar-refractivity contribution in [3.63, 3.8) is 0 Å². The Morgan fingerprint density at radius 1 is 1.13 bits per heavy atom.